The van der Waals surface area contributed by atoms with Crippen molar-refractivity contribution in [1.29, 1.82) is 0 Å². The van der Waals surface area contributed by atoms with Gasteiger partial charge in [0.2, 0.25) is 0 Å². The van der Waals surface area contributed by atoms with E-state index in [0.717, 1.165) is 5.92 Å². The lowest BCUT2D eigenvalue weighted by atomic mass is 10.1. The number of thioether (sulfide) groups is 1. The molecule has 3 atom stereocenters. The van der Waals surface area contributed by atoms with Gasteiger partial charge in [0, 0.05) is 24.5 Å². The molecule has 1 aromatic heterocycles. The molecule has 1 saturated heterocycles. The molecule has 2 heterocycles. The number of rotatable bonds is 4. The maximum atomic E-state index is 4.17. The van der Waals surface area contributed by atoms with Crippen LogP contribution in [0.25, 0.3) is 0 Å². The van der Waals surface area contributed by atoms with E-state index in [1.807, 2.05) is 12.5 Å². The second-order valence-electron chi connectivity index (χ2n) is 5.25. The Labute approximate surface area is 107 Å². The lowest BCUT2D eigenvalue weighted by Crippen LogP contribution is -2.36. The molecule has 0 radical (unpaired) electrons. The maximum absolute atomic E-state index is 4.17. The zero-order valence-electron chi connectivity index (χ0n) is 10.2. The molecule has 2 fully saturated rings. The first-order chi connectivity index (χ1) is 8.43. The smallest absolute Gasteiger partial charge is 0.0949 e. The summed E-state index contributed by atoms with van der Waals surface area (Å²) in [5.74, 6) is 3.63. The first kappa shape index (κ1) is 11.6. The van der Waals surface area contributed by atoms with E-state index in [9.17, 15) is 0 Å². The first-order valence-electron chi connectivity index (χ1n) is 6.72. The third-order valence-electron chi connectivity index (χ3n) is 4.08. The Morgan fingerprint density at radius 2 is 2.35 bits per heavy atom. The molecular weight excluding hydrogens is 230 g/mol. The van der Waals surface area contributed by atoms with Crippen LogP contribution in [0.5, 0.6) is 0 Å². The molecule has 0 bridgehead atoms. The van der Waals surface area contributed by atoms with Crippen LogP contribution < -0.4 is 5.32 Å². The number of nitrogens with one attached hydrogen (secondary N) is 1. The van der Waals surface area contributed by atoms with Crippen molar-refractivity contribution < 1.29 is 0 Å². The average molecular weight is 251 g/mol. The molecule has 1 aliphatic heterocycles. The van der Waals surface area contributed by atoms with Crippen molar-refractivity contribution in [3.8, 4) is 0 Å². The number of hydrogen-bond donors (Lipinski definition) is 1. The number of hydrogen-bond acceptors (Lipinski definition) is 3. The van der Waals surface area contributed by atoms with Gasteiger partial charge >= 0.3 is 0 Å². The summed E-state index contributed by atoms with van der Waals surface area (Å²) in [7, 11) is 0. The topological polar surface area (TPSA) is 29.9 Å². The van der Waals surface area contributed by atoms with Crippen LogP contribution in [-0.2, 0) is 0 Å². The van der Waals surface area contributed by atoms with E-state index >= 15 is 0 Å². The maximum Gasteiger partial charge on any atom is 0.0949 e. The molecule has 3 unspecified atom stereocenters. The van der Waals surface area contributed by atoms with Crippen LogP contribution in [0.15, 0.2) is 18.7 Å². The lowest BCUT2D eigenvalue weighted by Gasteiger charge is -2.23. The summed E-state index contributed by atoms with van der Waals surface area (Å²) >= 11 is 2.11. The third-order valence-corrected chi connectivity index (χ3v) is 5.31. The van der Waals surface area contributed by atoms with Crippen molar-refractivity contribution in [1.82, 2.24) is 14.9 Å². The summed E-state index contributed by atoms with van der Waals surface area (Å²) in [6.45, 7) is 1.21. The van der Waals surface area contributed by atoms with Crippen molar-refractivity contribution in [3.63, 3.8) is 0 Å². The van der Waals surface area contributed by atoms with Gasteiger partial charge in [-0.25, -0.2) is 4.98 Å². The molecule has 0 spiro atoms. The minimum absolute atomic E-state index is 0.631. The predicted octanol–water partition coefficient (Wildman–Crippen LogP) is 2.32. The number of imidazole rings is 1. The van der Waals surface area contributed by atoms with Gasteiger partial charge in [-0.3, -0.25) is 0 Å². The molecule has 1 saturated carbocycles. The standard InChI is InChI=1S/C13H21N3S/c1-2-12(15-8-11-4-7-17-9-11)13(3-1)16-6-5-14-10-16/h5-6,10-13,15H,1-4,7-9H2. The van der Waals surface area contributed by atoms with Gasteiger partial charge in [-0.15, -0.1) is 0 Å². The predicted molar refractivity (Wildman–Crippen MR) is 72.3 cm³/mol. The summed E-state index contributed by atoms with van der Waals surface area (Å²) in [6.07, 6.45) is 11.3. The van der Waals surface area contributed by atoms with Crippen LogP contribution >= 0.6 is 11.8 Å². The molecule has 4 heteroatoms. The van der Waals surface area contributed by atoms with Crippen molar-refractivity contribution in [2.45, 2.75) is 37.8 Å². The fourth-order valence-corrected chi connectivity index (χ4v) is 4.35. The van der Waals surface area contributed by atoms with Gasteiger partial charge in [0.15, 0.2) is 0 Å². The van der Waals surface area contributed by atoms with Crippen LogP contribution in [0.3, 0.4) is 0 Å². The molecule has 3 rings (SSSR count). The SMILES string of the molecule is c1cn(C2CCCC2NCC2CCSC2)cn1. The Balaban J connectivity index is 1.54. The van der Waals surface area contributed by atoms with E-state index in [1.165, 1.54) is 43.7 Å². The molecular formula is C13H21N3S. The second-order valence-corrected chi connectivity index (χ2v) is 6.40. The first-order valence-corrected chi connectivity index (χ1v) is 7.87. The molecule has 1 aromatic rings. The van der Waals surface area contributed by atoms with Gasteiger partial charge < -0.3 is 9.88 Å². The van der Waals surface area contributed by atoms with Crippen molar-refractivity contribution >= 4 is 11.8 Å². The highest BCUT2D eigenvalue weighted by molar-refractivity contribution is 7.99. The van der Waals surface area contributed by atoms with Crippen LogP contribution in [-0.4, -0.2) is 33.6 Å². The Kier molecular flexibility index (Phi) is 3.71. The van der Waals surface area contributed by atoms with Crippen LogP contribution in [0, 0.1) is 5.92 Å². The minimum atomic E-state index is 0.631. The molecule has 1 aliphatic carbocycles. The van der Waals surface area contributed by atoms with E-state index in [4.69, 9.17) is 0 Å². The fourth-order valence-electron chi connectivity index (χ4n) is 3.06. The monoisotopic (exact) mass is 251 g/mol. The average Bonchev–Trinajstić information content (AvgIpc) is 3.09. The fraction of sp³-hybridized carbons (Fsp3) is 0.769. The summed E-state index contributed by atoms with van der Waals surface area (Å²) in [4.78, 5) is 4.17. The van der Waals surface area contributed by atoms with Gasteiger partial charge in [0.25, 0.3) is 0 Å². The minimum Gasteiger partial charge on any atom is -0.333 e. The van der Waals surface area contributed by atoms with Crippen LogP contribution in [0.1, 0.15) is 31.7 Å². The summed E-state index contributed by atoms with van der Waals surface area (Å²) in [5.41, 5.74) is 0. The van der Waals surface area contributed by atoms with E-state index in [0.29, 0.717) is 12.1 Å². The van der Waals surface area contributed by atoms with Gasteiger partial charge in [-0.05, 0) is 49.7 Å². The second kappa shape index (κ2) is 5.44. The number of aromatic nitrogens is 2. The highest BCUT2D eigenvalue weighted by Crippen LogP contribution is 2.30. The summed E-state index contributed by atoms with van der Waals surface area (Å²) < 4.78 is 2.29. The van der Waals surface area contributed by atoms with E-state index < -0.39 is 0 Å². The zero-order chi connectivity index (χ0) is 11.5. The zero-order valence-corrected chi connectivity index (χ0v) is 11.0. The Morgan fingerprint density at radius 3 is 3.12 bits per heavy atom. The van der Waals surface area contributed by atoms with Gasteiger partial charge in [0.05, 0.1) is 6.33 Å². The van der Waals surface area contributed by atoms with E-state index in [1.54, 1.807) is 0 Å². The van der Waals surface area contributed by atoms with Crippen molar-refractivity contribution in [2.75, 3.05) is 18.1 Å². The number of nitrogens with zero attached hydrogens (tertiary/aromatic N) is 2. The lowest BCUT2D eigenvalue weighted by molar-refractivity contribution is 0.369. The van der Waals surface area contributed by atoms with E-state index in [-0.39, 0.29) is 0 Å². The summed E-state index contributed by atoms with van der Waals surface area (Å²) in [5, 5.41) is 3.80. The molecule has 0 aromatic carbocycles. The Hall–Kier alpha value is -0.480. The Bertz CT molecular complexity index is 332. The highest BCUT2D eigenvalue weighted by Gasteiger charge is 2.28. The molecule has 3 nitrogen and oxygen atoms in total. The van der Waals surface area contributed by atoms with Crippen LogP contribution in [0.4, 0.5) is 0 Å². The van der Waals surface area contributed by atoms with Gasteiger partial charge in [0.1, 0.15) is 0 Å². The largest absolute Gasteiger partial charge is 0.333 e. The van der Waals surface area contributed by atoms with Crippen LogP contribution in [0.2, 0.25) is 0 Å². The quantitative estimate of drug-likeness (QED) is 0.890. The molecule has 17 heavy (non-hydrogen) atoms. The van der Waals surface area contributed by atoms with Gasteiger partial charge in [-0.1, -0.05) is 0 Å². The normalized spacial score (nSPS) is 33.3. The summed E-state index contributed by atoms with van der Waals surface area (Å²) in [6, 6.07) is 1.29. The molecule has 2 aliphatic rings. The molecule has 0 amide bonds. The highest BCUT2D eigenvalue weighted by atomic mass is 32.2. The Morgan fingerprint density at radius 1 is 1.35 bits per heavy atom. The van der Waals surface area contributed by atoms with Gasteiger partial charge in [-0.2, -0.15) is 11.8 Å². The van der Waals surface area contributed by atoms with E-state index in [2.05, 4.69) is 32.8 Å². The molecule has 94 valence electrons. The van der Waals surface area contributed by atoms with Crippen molar-refractivity contribution in [3.05, 3.63) is 18.7 Å². The third kappa shape index (κ3) is 2.68. The molecule has 1 N–H and O–H groups in total. The van der Waals surface area contributed by atoms with Crippen molar-refractivity contribution in [2.24, 2.45) is 5.92 Å².